The lowest BCUT2D eigenvalue weighted by atomic mass is 9.79. The van der Waals surface area contributed by atoms with Gasteiger partial charge in [-0.2, -0.15) is 0 Å². The summed E-state index contributed by atoms with van der Waals surface area (Å²) in [5.74, 6) is -0.481. The summed E-state index contributed by atoms with van der Waals surface area (Å²) in [5.41, 5.74) is -0.916. The summed E-state index contributed by atoms with van der Waals surface area (Å²) in [6.45, 7) is 6.38. The maximum atomic E-state index is 11.7. The molecule has 0 radical (unpaired) electrons. The highest BCUT2D eigenvalue weighted by Crippen LogP contribution is 2.38. The molecule has 0 aromatic heterocycles. The molecule has 16 heavy (non-hydrogen) atoms. The Morgan fingerprint density at radius 2 is 2.25 bits per heavy atom. The van der Waals surface area contributed by atoms with Gasteiger partial charge < -0.3 is 9.47 Å². The molecule has 1 aliphatic heterocycles. The number of ether oxygens (including phenoxy) is 2. The summed E-state index contributed by atoms with van der Waals surface area (Å²) in [5, 5.41) is 0. The van der Waals surface area contributed by atoms with E-state index in [9.17, 15) is 9.59 Å². The van der Waals surface area contributed by atoms with Gasteiger partial charge in [0.1, 0.15) is 17.3 Å². The number of Topliss-reactive ketones (excluding diaryl/α,β-unsaturated/α-hetero) is 1. The number of hydrogen-bond donors (Lipinski definition) is 0. The molecule has 0 saturated carbocycles. The van der Waals surface area contributed by atoms with E-state index in [1.165, 1.54) is 6.92 Å². The fraction of sp³-hybridized carbons (Fsp3) is 0.833. The molecule has 2 unspecified atom stereocenters. The molecule has 0 N–H and O–H groups in total. The van der Waals surface area contributed by atoms with Crippen LogP contribution in [0.25, 0.3) is 0 Å². The van der Waals surface area contributed by atoms with Crippen molar-refractivity contribution in [2.24, 2.45) is 5.41 Å². The second-order valence-electron chi connectivity index (χ2n) is 4.30. The minimum atomic E-state index is -0.916. The molecule has 0 aliphatic carbocycles. The smallest absolute Gasteiger partial charge is 0.320 e. The number of carbonyl (C=O) groups is 2. The lowest BCUT2D eigenvalue weighted by Gasteiger charge is -2.18. The zero-order chi connectivity index (χ0) is 12.2. The lowest BCUT2D eigenvalue weighted by molar-refractivity contribution is -0.153. The first-order valence-corrected chi connectivity index (χ1v) is 5.86. The fourth-order valence-electron chi connectivity index (χ4n) is 2.05. The number of cyclic esters (lactones) is 1. The second-order valence-corrected chi connectivity index (χ2v) is 4.30. The van der Waals surface area contributed by atoms with Crippen LogP contribution in [0.2, 0.25) is 0 Å². The first kappa shape index (κ1) is 13.2. The molecule has 2 atom stereocenters. The Kier molecular flexibility index (Phi) is 4.47. The van der Waals surface area contributed by atoms with Gasteiger partial charge in [0.15, 0.2) is 0 Å². The molecule has 1 rings (SSSR count). The third kappa shape index (κ3) is 2.43. The van der Waals surface area contributed by atoms with E-state index in [0.717, 1.165) is 6.42 Å². The van der Waals surface area contributed by atoms with Gasteiger partial charge in [-0.05, 0) is 19.8 Å². The summed E-state index contributed by atoms with van der Waals surface area (Å²) in [6.07, 6.45) is 1.64. The molecular formula is C12H20O4. The van der Waals surface area contributed by atoms with E-state index in [2.05, 4.69) is 0 Å². The number of ketones is 1. The molecule has 1 saturated heterocycles. The van der Waals surface area contributed by atoms with Crippen molar-refractivity contribution in [2.45, 2.75) is 46.1 Å². The first-order chi connectivity index (χ1) is 7.56. The molecule has 0 aromatic carbocycles. The average molecular weight is 228 g/mol. The number of hydrogen-bond acceptors (Lipinski definition) is 4. The van der Waals surface area contributed by atoms with Gasteiger partial charge in [0.05, 0.1) is 6.61 Å². The number of rotatable bonds is 6. The standard InChI is InChI=1S/C12H20O4/c1-4-6-15-8-10-7-12(5-2,9(3)13)11(14)16-10/h10H,4-8H2,1-3H3. The van der Waals surface area contributed by atoms with E-state index < -0.39 is 5.41 Å². The van der Waals surface area contributed by atoms with Gasteiger partial charge in [0, 0.05) is 13.0 Å². The number of esters is 1. The zero-order valence-electron chi connectivity index (χ0n) is 10.2. The summed E-state index contributed by atoms with van der Waals surface area (Å²) in [6, 6.07) is 0. The van der Waals surface area contributed by atoms with E-state index in [0.29, 0.717) is 26.1 Å². The van der Waals surface area contributed by atoms with Crippen LogP contribution < -0.4 is 0 Å². The van der Waals surface area contributed by atoms with Crippen LogP contribution in [0, 0.1) is 5.41 Å². The minimum absolute atomic E-state index is 0.0991. The summed E-state index contributed by atoms with van der Waals surface area (Å²) < 4.78 is 10.5. The maximum Gasteiger partial charge on any atom is 0.320 e. The van der Waals surface area contributed by atoms with Crippen LogP contribution in [-0.4, -0.2) is 31.1 Å². The van der Waals surface area contributed by atoms with E-state index in [4.69, 9.17) is 9.47 Å². The van der Waals surface area contributed by atoms with Crippen molar-refractivity contribution in [1.29, 1.82) is 0 Å². The van der Waals surface area contributed by atoms with Gasteiger partial charge in [-0.3, -0.25) is 9.59 Å². The topological polar surface area (TPSA) is 52.6 Å². The van der Waals surface area contributed by atoms with Crippen molar-refractivity contribution in [1.82, 2.24) is 0 Å². The third-order valence-electron chi connectivity index (χ3n) is 3.17. The maximum absolute atomic E-state index is 11.7. The number of carbonyl (C=O) groups excluding carboxylic acids is 2. The van der Waals surface area contributed by atoms with Crippen molar-refractivity contribution in [3.8, 4) is 0 Å². The average Bonchev–Trinajstić information content (AvgIpc) is 2.56. The SMILES string of the molecule is CCCOCC1CC(CC)(C(C)=O)C(=O)O1. The van der Waals surface area contributed by atoms with Gasteiger partial charge >= 0.3 is 5.97 Å². The van der Waals surface area contributed by atoms with Crippen LogP contribution in [0.1, 0.15) is 40.0 Å². The minimum Gasteiger partial charge on any atom is -0.459 e. The van der Waals surface area contributed by atoms with Crippen LogP contribution in [0.4, 0.5) is 0 Å². The van der Waals surface area contributed by atoms with Crippen molar-refractivity contribution >= 4 is 11.8 Å². The molecule has 92 valence electrons. The van der Waals surface area contributed by atoms with Gasteiger partial charge in [0.25, 0.3) is 0 Å². The highest BCUT2D eigenvalue weighted by Gasteiger charge is 2.51. The van der Waals surface area contributed by atoms with E-state index in [1.54, 1.807) is 0 Å². The van der Waals surface area contributed by atoms with E-state index in [1.807, 2.05) is 13.8 Å². The van der Waals surface area contributed by atoms with Crippen molar-refractivity contribution in [2.75, 3.05) is 13.2 Å². The van der Waals surface area contributed by atoms with Crippen molar-refractivity contribution in [3.05, 3.63) is 0 Å². The highest BCUT2D eigenvalue weighted by molar-refractivity contribution is 6.03. The second kappa shape index (κ2) is 5.43. The van der Waals surface area contributed by atoms with Crippen LogP contribution in [0.5, 0.6) is 0 Å². The van der Waals surface area contributed by atoms with Gasteiger partial charge in [-0.25, -0.2) is 0 Å². The van der Waals surface area contributed by atoms with Crippen molar-refractivity contribution in [3.63, 3.8) is 0 Å². The van der Waals surface area contributed by atoms with Crippen LogP contribution >= 0.6 is 0 Å². The van der Waals surface area contributed by atoms with Crippen LogP contribution in [0.3, 0.4) is 0 Å². The molecule has 0 amide bonds. The Bertz CT molecular complexity index is 274. The summed E-state index contributed by atoms with van der Waals surface area (Å²) in [4.78, 5) is 23.3. The molecule has 1 fully saturated rings. The summed E-state index contributed by atoms with van der Waals surface area (Å²) in [7, 11) is 0. The fourth-order valence-corrected chi connectivity index (χ4v) is 2.05. The molecular weight excluding hydrogens is 208 g/mol. The Labute approximate surface area is 96.3 Å². The normalized spacial score (nSPS) is 29.2. The Morgan fingerprint density at radius 1 is 1.56 bits per heavy atom. The van der Waals surface area contributed by atoms with Gasteiger partial charge in [0.2, 0.25) is 0 Å². The van der Waals surface area contributed by atoms with E-state index >= 15 is 0 Å². The monoisotopic (exact) mass is 228 g/mol. The Balaban J connectivity index is 2.58. The van der Waals surface area contributed by atoms with Crippen LogP contribution in [-0.2, 0) is 19.1 Å². The molecule has 4 heteroatoms. The lowest BCUT2D eigenvalue weighted by Crippen LogP contribution is -2.33. The quantitative estimate of drug-likeness (QED) is 0.394. The molecule has 1 aliphatic rings. The predicted octanol–water partition coefficient (Wildman–Crippen LogP) is 1.71. The highest BCUT2D eigenvalue weighted by atomic mass is 16.6. The van der Waals surface area contributed by atoms with Gasteiger partial charge in [-0.15, -0.1) is 0 Å². The van der Waals surface area contributed by atoms with Gasteiger partial charge in [-0.1, -0.05) is 13.8 Å². The molecule has 1 heterocycles. The molecule has 4 nitrogen and oxygen atoms in total. The van der Waals surface area contributed by atoms with Crippen LogP contribution in [0.15, 0.2) is 0 Å². The third-order valence-corrected chi connectivity index (χ3v) is 3.17. The first-order valence-electron chi connectivity index (χ1n) is 5.86. The Morgan fingerprint density at radius 3 is 2.69 bits per heavy atom. The Hall–Kier alpha value is -0.900. The zero-order valence-corrected chi connectivity index (χ0v) is 10.2. The molecule has 0 bridgehead atoms. The van der Waals surface area contributed by atoms with E-state index in [-0.39, 0.29) is 17.9 Å². The van der Waals surface area contributed by atoms with Crippen molar-refractivity contribution < 1.29 is 19.1 Å². The molecule has 0 aromatic rings. The predicted molar refractivity (Wildman–Crippen MR) is 59.0 cm³/mol. The molecule has 0 spiro atoms. The largest absolute Gasteiger partial charge is 0.459 e. The summed E-state index contributed by atoms with van der Waals surface area (Å²) >= 11 is 0.